The number of rotatable bonds is 7. The Morgan fingerprint density at radius 3 is 2.08 bits per heavy atom. The van der Waals surface area contributed by atoms with Gasteiger partial charge in [0.15, 0.2) is 0 Å². The second kappa shape index (κ2) is 7.56. The lowest BCUT2D eigenvalue weighted by Gasteiger charge is -2.09. The van der Waals surface area contributed by atoms with Crippen LogP contribution < -0.4 is 11.5 Å². The van der Waals surface area contributed by atoms with Gasteiger partial charge in [0.1, 0.15) is 0 Å². The summed E-state index contributed by atoms with van der Waals surface area (Å²) in [4.78, 5) is 0. The van der Waals surface area contributed by atoms with Crippen LogP contribution in [0, 0.1) is 5.92 Å². The topological polar surface area (TPSA) is 52.0 Å². The molecule has 2 heteroatoms. The zero-order valence-corrected chi connectivity index (χ0v) is 8.55. The molecule has 0 aliphatic rings. The summed E-state index contributed by atoms with van der Waals surface area (Å²) in [7, 11) is 0. The Labute approximate surface area is 76.7 Å². The molecule has 0 aliphatic carbocycles. The van der Waals surface area contributed by atoms with Gasteiger partial charge in [0.05, 0.1) is 6.17 Å². The van der Waals surface area contributed by atoms with Crippen LogP contribution in [0.1, 0.15) is 52.4 Å². The van der Waals surface area contributed by atoms with E-state index in [2.05, 4.69) is 13.8 Å². The Morgan fingerprint density at radius 1 is 1.00 bits per heavy atom. The second-order valence-corrected chi connectivity index (χ2v) is 3.84. The van der Waals surface area contributed by atoms with Gasteiger partial charge in [-0.1, -0.05) is 46.0 Å². The molecule has 0 rings (SSSR count). The van der Waals surface area contributed by atoms with E-state index in [0.29, 0.717) is 0 Å². The molecule has 4 N–H and O–H groups in total. The van der Waals surface area contributed by atoms with Gasteiger partial charge in [-0.25, -0.2) is 0 Å². The fourth-order valence-corrected chi connectivity index (χ4v) is 1.51. The molecule has 0 saturated heterocycles. The average Bonchev–Trinajstić information content (AvgIpc) is 1.98. The van der Waals surface area contributed by atoms with Gasteiger partial charge < -0.3 is 11.5 Å². The molecule has 0 bridgehead atoms. The molecule has 0 amide bonds. The molecule has 0 heterocycles. The van der Waals surface area contributed by atoms with Crippen LogP contribution in [-0.4, -0.2) is 6.17 Å². The molecule has 0 aromatic rings. The molecule has 1 unspecified atom stereocenters. The highest BCUT2D eigenvalue weighted by Gasteiger charge is 2.00. The van der Waals surface area contributed by atoms with Gasteiger partial charge in [-0.2, -0.15) is 0 Å². The van der Waals surface area contributed by atoms with Crippen molar-refractivity contribution in [2.24, 2.45) is 17.4 Å². The zero-order valence-electron chi connectivity index (χ0n) is 8.55. The molecule has 0 fully saturated rings. The fourth-order valence-electron chi connectivity index (χ4n) is 1.51. The monoisotopic (exact) mass is 172 g/mol. The van der Waals surface area contributed by atoms with Gasteiger partial charge in [0.2, 0.25) is 0 Å². The highest BCUT2D eigenvalue weighted by molar-refractivity contribution is 4.55. The number of hydrogen-bond acceptors (Lipinski definition) is 2. The lowest BCUT2D eigenvalue weighted by molar-refractivity contribution is 0.447. The number of hydrogen-bond donors (Lipinski definition) is 2. The highest BCUT2D eigenvalue weighted by atomic mass is 14.8. The second-order valence-electron chi connectivity index (χ2n) is 3.84. The quantitative estimate of drug-likeness (QED) is 0.457. The number of unbranched alkanes of at least 4 members (excludes halogenated alkanes) is 1. The predicted molar refractivity (Wildman–Crippen MR) is 54.7 cm³/mol. The maximum atomic E-state index is 5.45. The summed E-state index contributed by atoms with van der Waals surface area (Å²) in [6.45, 7) is 4.57. The van der Waals surface area contributed by atoms with E-state index in [1.807, 2.05) is 0 Å². The minimum absolute atomic E-state index is 0.105. The Balaban J connectivity index is 3.08. The van der Waals surface area contributed by atoms with E-state index in [0.717, 1.165) is 12.3 Å². The third-order valence-electron chi connectivity index (χ3n) is 2.27. The average molecular weight is 172 g/mol. The summed E-state index contributed by atoms with van der Waals surface area (Å²) in [5, 5.41) is 0. The van der Waals surface area contributed by atoms with Crippen LogP contribution in [0.25, 0.3) is 0 Å². The van der Waals surface area contributed by atoms with Crippen molar-refractivity contribution in [1.82, 2.24) is 0 Å². The molecule has 0 aromatic carbocycles. The van der Waals surface area contributed by atoms with E-state index in [1.165, 1.54) is 32.1 Å². The summed E-state index contributed by atoms with van der Waals surface area (Å²) >= 11 is 0. The molecule has 0 saturated carbocycles. The van der Waals surface area contributed by atoms with E-state index in [4.69, 9.17) is 11.5 Å². The van der Waals surface area contributed by atoms with E-state index in [1.54, 1.807) is 0 Å². The molecular weight excluding hydrogens is 148 g/mol. The van der Waals surface area contributed by atoms with E-state index in [9.17, 15) is 0 Å². The van der Waals surface area contributed by atoms with E-state index < -0.39 is 0 Å². The van der Waals surface area contributed by atoms with Crippen molar-refractivity contribution in [3.63, 3.8) is 0 Å². The Morgan fingerprint density at radius 2 is 1.58 bits per heavy atom. The maximum absolute atomic E-state index is 5.45. The van der Waals surface area contributed by atoms with Gasteiger partial charge in [-0.15, -0.1) is 0 Å². The molecule has 0 aliphatic heterocycles. The Hall–Kier alpha value is -0.0800. The molecule has 2 nitrogen and oxygen atoms in total. The van der Waals surface area contributed by atoms with Crippen molar-refractivity contribution < 1.29 is 0 Å². The minimum atomic E-state index is -0.105. The maximum Gasteiger partial charge on any atom is 0.0520 e. The van der Waals surface area contributed by atoms with E-state index >= 15 is 0 Å². The van der Waals surface area contributed by atoms with Crippen molar-refractivity contribution in [2.75, 3.05) is 0 Å². The molecule has 0 spiro atoms. The third-order valence-corrected chi connectivity index (χ3v) is 2.27. The molecule has 74 valence electrons. The van der Waals surface area contributed by atoms with Gasteiger partial charge in [0.25, 0.3) is 0 Å². The van der Waals surface area contributed by atoms with Crippen LogP contribution in [0.2, 0.25) is 0 Å². The lowest BCUT2D eigenvalue weighted by atomic mass is 9.98. The summed E-state index contributed by atoms with van der Waals surface area (Å²) in [6.07, 6.45) is 7.33. The summed E-state index contributed by atoms with van der Waals surface area (Å²) in [5.41, 5.74) is 10.9. The minimum Gasteiger partial charge on any atom is -0.316 e. The van der Waals surface area contributed by atoms with Crippen molar-refractivity contribution in [1.29, 1.82) is 0 Å². The van der Waals surface area contributed by atoms with Crippen LogP contribution in [-0.2, 0) is 0 Å². The first kappa shape index (κ1) is 11.9. The van der Waals surface area contributed by atoms with Crippen molar-refractivity contribution >= 4 is 0 Å². The first-order chi connectivity index (χ1) is 5.66. The Kier molecular flexibility index (Phi) is 7.51. The van der Waals surface area contributed by atoms with Gasteiger partial charge in [0, 0.05) is 0 Å². The standard InChI is InChI=1S/C10H24N2/c1-3-6-9(2)7-4-5-8-10(11)12/h9-10H,3-8,11-12H2,1-2H3. The molecule has 1 atom stereocenters. The van der Waals surface area contributed by atoms with Crippen molar-refractivity contribution in [2.45, 2.75) is 58.5 Å². The number of nitrogens with two attached hydrogens (primary N) is 2. The molecule has 0 aromatic heterocycles. The van der Waals surface area contributed by atoms with Crippen LogP contribution in [0.15, 0.2) is 0 Å². The molecular formula is C10H24N2. The van der Waals surface area contributed by atoms with Crippen LogP contribution in [0.4, 0.5) is 0 Å². The first-order valence-electron chi connectivity index (χ1n) is 5.18. The third kappa shape index (κ3) is 8.02. The highest BCUT2D eigenvalue weighted by Crippen LogP contribution is 2.14. The summed E-state index contributed by atoms with van der Waals surface area (Å²) in [5.74, 6) is 0.879. The lowest BCUT2D eigenvalue weighted by Crippen LogP contribution is -2.29. The molecule has 0 radical (unpaired) electrons. The first-order valence-corrected chi connectivity index (χ1v) is 5.18. The smallest absolute Gasteiger partial charge is 0.0520 e. The Bertz CT molecular complexity index is 91.8. The molecule has 12 heavy (non-hydrogen) atoms. The summed E-state index contributed by atoms with van der Waals surface area (Å²) < 4.78 is 0. The van der Waals surface area contributed by atoms with Gasteiger partial charge in [-0.05, 0) is 12.3 Å². The van der Waals surface area contributed by atoms with Gasteiger partial charge >= 0.3 is 0 Å². The van der Waals surface area contributed by atoms with Crippen molar-refractivity contribution in [3.8, 4) is 0 Å². The van der Waals surface area contributed by atoms with Crippen LogP contribution in [0.5, 0.6) is 0 Å². The SMILES string of the molecule is CCCC(C)CCCCC(N)N. The predicted octanol–water partition coefficient (Wildman–Crippen LogP) is 2.23. The normalized spacial score (nSPS) is 13.8. The zero-order chi connectivity index (χ0) is 9.40. The van der Waals surface area contributed by atoms with Crippen molar-refractivity contribution in [3.05, 3.63) is 0 Å². The fraction of sp³-hybridized carbons (Fsp3) is 1.00. The van der Waals surface area contributed by atoms with E-state index in [-0.39, 0.29) is 6.17 Å². The van der Waals surface area contributed by atoms with Crippen LogP contribution >= 0.6 is 0 Å². The van der Waals surface area contributed by atoms with Gasteiger partial charge in [-0.3, -0.25) is 0 Å². The largest absolute Gasteiger partial charge is 0.316 e. The van der Waals surface area contributed by atoms with Crippen LogP contribution in [0.3, 0.4) is 0 Å². The summed E-state index contributed by atoms with van der Waals surface area (Å²) in [6, 6.07) is 0.